The molecule has 5 rings (SSSR count). The van der Waals surface area contributed by atoms with Gasteiger partial charge in [-0.15, -0.1) is 0 Å². The van der Waals surface area contributed by atoms with Crippen molar-refractivity contribution in [3.63, 3.8) is 0 Å². The van der Waals surface area contributed by atoms with Crippen molar-refractivity contribution in [3.05, 3.63) is 65.0 Å². The molecule has 0 aliphatic carbocycles. The van der Waals surface area contributed by atoms with Crippen molar-refractivity contribution in [2.75, 3.05) is 18.4 Å². The molecule has 2 bridgehead atoms. The van der Waals surface area contributed by atoms with Gasteiger partial charge in [0.15, 0.2) is 17.4 Å². The number of piperazine rings is 1. The summed E-state index contributed by atoms with van der Waals surface area (Å²) < 4.78 is 14.6. The number of aromatic amines is 1. The number of anilines is 2. The van der Waals surface area contributed by atoms with Crippen LogP contribution in [0.3, 0.4) is 0 Å². The van der Waals surface area contributed by atoms with E-state index in [1.807, 2.05) is 0 Å². The molecule has 0 spiro atoms. The fourth-order valence-corrected chi connectivity index (χ4v) is 4.51. The van der Waals surface area contributed by atoms with Gasteiger partial charge in [0, 0.05) is 44.1 Å². The fourth-order valence-electron chi connectivity index (χ4n) is 4.34. The molecule has 10 heteroatoms. The summed E-state index contributed by atoms with van der Waals surface area (Å²) in [5.41, 5.74) is -0.0949. The Kier molecular flexibility index (Phi) is 4.73. The zero-order valence-corrected chi connectivity index (χ0v) is 16.7. The molecule has 1 aromatic carbocycles. The molecule has 2 saturated heterocycles. The van der Waals surface area contributed by atoms with Gasteiger partial charge in [-0.2, -0.15) is 5.10 Å². The highest BCUT2D eigenvalue weighted by Crippen LogP contribution is 2.39. The van der Waals surface area contributed by atoms with Crippen molar-refractivity contribution in [2.45, 2.75) is 24.5 Å². The van der Waals surface area contributed by atoms with Crippen molar-refractivity contribution in [1.82, 2.24) is 30.4 Å². The quantitative estimate of drug-likeness (QED) is 0.520. The van der Waals surface area contributed by atoms with Gasteiger partial charge in [-0.1, -0.05) is 17.7 Å². The molecule has 3 N–H and O–H groups in total. The Morgan fingerprint density at radius 2 is 2.23 bits per heavy atom. The number of rotatable bonds is 6. The number of nitrogens with zero attached hydrogens (tertiary/aromatic N) is 4. The summed E-state index contributed by atoms with van der Waals surface area (Å²) in [5, 5.41) is 13.2. The summed E-state index contributed by atoms with van der Waals surface area (Å²) in [5.74, 6) is 0.268. The predicted octanol–water partition coefficient (Wildman–Crippen LogP) is 2.54. The summed E-state index contributed by atoms with van der Waals surface area (Å²) in [6, 6.07) is 6.50. The van der Waals surface area contributed by atoms with E-state index in [2.05, 4.69) is 35.7 Å². The molecule has 3 aromatic rings. The van der Waals surface area contributed by atoms with Crippen molar-refractivity contribution in [3.8, 4) is 0 Å². The summed E-state index contributed by atoms with van der Waals surface area (Å²) in [4.78, 5) is 24.4. The molecule has 2 unspecified atom stereocenters. The second kappa shape index (κ2) is 7.42. The van der Waals surface area contributed by atoms with Crippen LogP contribution in [0.15, 0.2) is 42.9 Å². The highest BCUT2D eigenvalue weighted by atomic mass is 35.5. The first-order valence-electron chi connectivity index (χ1n) is 9.60. The lowest BCUT2D eigenvalue weighted by molar-refractivity contribution is 0.0631. The van der Waals surface area contributed by atoms with Crippen molar-refractivity contribution < 1.29 is 9.18 Å². The molecule has 2 atom stereocenters. The highest BCUT2D eigenvalue weighted by Gasteiger charge is 2.56. The number of hydrogen-bond donors (Lipinski definition) is 3. The Labute approximate surface area is 176 Å². The van der Waals surface area contributed by atoms with Crippen LogP contribution in [-0.2, 0) is 6.54 Å². The van der Waals surface area contributed by atoms with E-state index < -0.39 is 11.4 Å². The van der Waals surface area contributed by atoms with Gasteiger partial charge >= 0.3 is 0 Å². The van der Waals surface area contributed by atoms with Crippen LogP contribution >= 0.6 is 11.6 Å². The smallest absolute Gasteiger partial charge is 0.187 e. The van der Waals surface area contributed by atoms with Gasteiger partial charge in [-0.25, -0.2) is 9.37 Å². The van der Waals surface area contributed by atoms with E-state index in [9.17, 15) is 9.18 Å². The average Bonchev–Trinajstić information content (AvgIpc) is 3.47. The SMILES string of the molecule is O=C(c1cccc(Cl)c1F)C12CNC(CN1Cc1cncc(Nc3cc[nH]n3)n1)C2. The van der Waals surface area contributed by atoms with E-state index in [1.54, 1.807) is 30.7 Å². The number of carbonyl (C=O) groups excluding carboxylic acids is 1. The maximum atomic E-state index is 14.6. The van der Waals surface area contributed by atoms with Gasteiger partial charge in [0.1, 0.15) is 5.82 Å². The van der Waals surface area contributed by atoms with Crippen LogP contribution in [-0.4, -0.2) is 55.5 Å². The second-order valence-electron chi connectivity index (χ2n) is 7.60. The standard InChI is InChI=1S/C20H19ClFN7O/c21-15-3-1-2-14(18(15)22)19(30)20-6-12(24-11-20)9-29(20)10-13-7-23-8-17(26-13)27-16-4-5-25-28-16/h1-5,7-8,12,24H,6,9-11H2,(H2,25,26,27,28). The summed E-state index contributed by atoms with van der Waals surface area (Å²) in [6.07, 6.45) is 5.61. The lowest BCUT2D eigenvalue weighted by Gasteiger charge is -2.37. The van der Waals surface area contributed by atoms with E-state index in [4.69, 9.17) is 11.6 Å². The van der Waals surface area contributed by atoms with Crippen LogP contribution in [0.1, 0.15) is 22.5 Å². The summed E-state index contributed by atoms with van der Waals surface area (Å²) in [6.45, 7) is 1.56. The fraction of sp³-hybridized carbons (Fsp3) is 0.300. The molecule has 2 aliphatic rings. The van der Waals surface area contributed by atoms with E-state index in [0.717, 1.165) is 0 Å². The van der Waals surface area contributed by atoms with Crippen LogP contribution in [0.2, 0.25) is 5.02 Å². The third kappa shape index (κ3) is 3.24. The molecule has 0 radical (unpaired) electrons. The van der Waals surface area contributed by atoms with Gasteiger partial charge in [-0.3, -0.25) is 19.8 Å². The van der Waals surface area contributed by atoms with Crippen molar-refractivity contribution in [2.24, 2.45) is 0 Å². The van der Waals surface area contributed by atoms with Crippen LogP contribution < -0.4 is 10.6 Å². The Morgan fingerprint density at radius 1 is 1.33 bits per heavy atom. The minimum absolute atomic E-state index is 0.0249. The van der Waals surface area contributed by atoms with E-state index in [-0.39, 0.29) is 22.4 Å². The van der Waals surface area contributed by atoms with Gasteiger partial charge in [0.25, 0.3) is 0 Å². The predicted molar refractivity (Wildman–Crippen MR) is 109 cm³/mol. The third-order valence-electron chi connectivity index (χ3n) is 5.73. The van der Waals surface area contributed by atoms with Crippen molar-refractivity contribution in [1.29, 1.82) is 0 Å². The number of ketones is 1. The van der Waals surface area contributed by atoms with Gasteiger partial charge in [-0.05, 0) is 18.6 Å². The highest BCUT2D eigenvalue weighted by molar-refractivity contribution is 6.31. The summed E-state index contributed by atoms with van der Waals surface area (Å²) in [7, 11) is 0. The first kappa shape index (κ1) is 19.1. The topological polar surface area (TPSA) is 98.8 Å². The number of carbonyl (C=O) groups is 1. The van der Waals surface area contributed by atoms with E-state index in [0.29, 0.717) is 43.4 Å². The number of H-pyrrole nitrogens is 1. The number of fused-ring (bicyclic) bond motifs is 2. The Morgan fingerprint density at radius 3 is 3.03 bits per heavy atom. The van der Waals surface area contributed by atoms with Crippen LogP contribution in [0, 0.1) is 5.82 Å². The molecular weight excluding hydrogens is 409 g/mol. The molecule has 0 amide bonds. The molecule has 2 fully saturated rings. The maximum Gasteiger partial charge on any atom is 0.187 e. The molecule has 154 valence electrons. The largest absolute Gasteiger partial charge is 0.322 e. The number of benzene rings is 1. The number of halogens is 2. The van der Waals surface area contributed by atoms with Gasteiger partial charge in [0.2, 0.25) is 0 Å². The van der Waals surface area contributed by atoms with E-state index >= 15 is 0 Å². The number of Topliss-reactive ketones (excluding diaryl/α,β-unsaturated/α-hetero) is 1. The minimum atomic E-state index is -0.830. The number of nitrogens with one attached hydrogen (secondary N) is 3. The number of hydrogen-bond acceptors (Lipinski definition) is 7. The minimum Gasteiger partial charge on any atom is -0.322 e. The number of aromatic nitrogens is 4. The molecule has 2 aliphatic heterocycles. The van der Waals surface area contributed by atoms with Gasteiger partial charge < -0.3 is 10.6 Å². The Bertz CT molecular complexity index is 1090. The Hall–Kier alpha value is -2.88. The average molecular weight is 428 g/mol. The number of likely N-dealkylation sites (tertiary alicyclic amines) is 1. The molecule has 0 saturated carbocycles. The zero-order chi connectivity index (χ0) is 20.7. The van der Waals surface area contributed by atoms with Gasteiger partial charge in [0.05, 0.1) is 28.0 Å². The third-order valence-corrected chi connectivity index (χ3v) is 6.02. The second-order valence-corrected chi connectivity index (χ2v) is 8.01. The van der Waals surface area contributed by atoms with Crippen LogP contribution in [0.5, 0.6) is 0 Å². The zero-order valence-electron chi connectivity index (χ0n) is 15.9. The molecule has 30 heavy (non-hydrogen) atoms. The maximum absolute atomic E-state index is 14.6. The first-order valence-corrected chi connectivity index (χ1v) is 9.98. The molecular formula is C20H19ClFN7O. The lowest BCUT2D eigenvalue weighted by atomic mass is 9.87. The van der Waals surface area contributed by atoms with E-state index in [1.165, 1.54) is 12.1 Å². The van der Waals surface area contributed by atoms with Crippen LogP contribution in [0.4, 0.5) is 16.0 Å². The molecule has 8 nitrogen and oxygen atoms in total. The monoisotopic (exact) mass is 427 g/mol. The molecule has 2 aromatic heterocycles. The first-order chi connectivity index (χ1) is 14.5. The Balaban J connectivity index is 1.41. The van der Waals surface area contributed by atoms with Crippen molar-refractivity contribution >= 4 is 29.0 Å². The van der Waals surface area contributed by atoms with Crippen LogP contribution in [0.25, 0.3) is 0 Å². The normalized spacial score (nSPS) is 23.1. The summed E-state index contributed by atoms with van der Waals surface area (Å²) >= 11 is 5.92. The lowest BCUT2D eigenvalue weighted by Crippen LogP contribution is -2.57. The molecule has 4 heterocycles.